The van der Waals surface area contributed by atoms with Gasteiger partial charge in [-0.3, -0.25) is 4.79 Å². The van der Waals surface area contributed by atoms with Gasteiger partial charge in [-0.25, -0.2) is 4.52 Å². The molecular weight excluding hydrogens is 480 g/mol. The minimum absolute atomic E-state index is 0.0621. The van der Waals surface area contributed by atoms with E-state index >= 15 is 0 Å². The zero-order chi connectivity index (χ0) is 15.6. The average Bonchev–Trinajstić information content (AvgIpc) is 2.87. The van der Waals surface area contributed by atoms with Crippen LogP contribution in [0, 0.1) is 0 Å². The van der Waals surface area contributed by atoms with Crippen molar-refractivity contribution in [2.45, 2.75) is 5.33 Å². The molecule has 2 aromatic heterocycles. The lowest BCUT2D eigenvalue weighted by molar-refractivity contribution is 0.478. The Morgan fingerprint density at radius 3 is 2.55 bits per heavy atom. The lowest BCUT2D eigenvalue weighted by atomic mass is 10.1. The summed E-state index contributed by atoms with van der Waals surface area (Å²) in [6.07, 6.45) is 0. The van der Waals surface area contributed by atoms with E-state index in [2.05, 4.69) is 52.9 Å². The number of halogens is 3. The molecule has 0 fully saturated rings. The van der Waals surface area contributed by atoms with Gasteiger partial charge in [-0.2, -0.15) is 5.10 Å². The Labute approximate surface area is 149 Å². The van der Waals surface area contributed by atoms with Crippen molar-refractivity contribution in [2.75, 3.05) is 0 Å². The van der Waals surface area contributed by atoms with Gasteiger partial charge < -0.3 is 5.11 Å². The summed E-state index contributed by atoms with van der Waals surface area (Å²) in [5.41, 5.74) is 2.00. The van der Waals surface area contributed by atoms with Crippen molar-refractivity contribution < 1.29 is 5.11 Å². The Bertz CT molecular complexity index is 1120. The Balaban J connectivity index is 2.46. The lowest BCUT2D eigenvalue weighted by Crippen LogP contribution is -2.08. The van der Waals surface area contributed by atoms with Crippen LogP contribution < -0.4 is 5.43 Å². The highest BCUT2D eigenvalue weighted by atomic mass is 79.9. The van der Waals surface area contributed by atoms with Crippen LogP contribution in [0.15, 0.2) is 38.0 Å². The normalized spacial score (nSPS) is 12.0. The largest absolute Gasteiger partial charge is 0.506 e. The number of rotatable bonds is 1. The van der Waals surface area contributed by atoms with Gasteiger partial charge in [0.15, 0.2) is 0 Å². The number of benzene rings is 2. The predicted molar refractivity (Wildman–Crippen MR) is 97.4 cm³/mol. The average molecular weight is 487 g/mol. The third-order valence-electron chi connectivity index (χ3n) is 3.79. The van der Waals surface area contributed by atoms with E-state index in [0.29, 0.717) is 25.2 Å². The summed E-state index contributed by atoms with van der Waals surface area (Å²) in [5.74, 6) is -0.0621. The minimum Gasteiger partial charge on any atom is -0.506 e. The summed E-state index contributed by atoms with van der Waals surface area (Å²) < 4.78 is 2.91. The Kier molecular flexibility index (Phi) is 3.22. The number of aromatic hydroxyl groups is 1. The summed E-state index contributed by atoms with van der Waals surface area (Å²) in [6, 6.07) is 7.28. The van der Waals surface area contributed by atoms with Gasteiger partial charge in [0.1, 0.15) is 5.75 Å². The molecule has 0 radical (unpaired) electrons. The molecule has 0 atom stereocenters. The molecule has 4 nitrogen and oxygen atoms in total. The molecule has 2 heterocycles. The van der Waals surface area contributed by atoms with Crippen LogP contribution in [0.1, 0.15) is 5.69 Å². The van der Waals surface area contributed by atoms with Crippen LogP contribution in [0.25, 0.3) is 27.2 Å². The molecule has 2 aromatic carbocycles. The van der Waals surface area contributed by atoms with Gasteiger partial charge in [-0.1, -0.05) is 15.9 Å². The van der Waals surface area contributed by atoms with Crippen LogP contribution in [0.2, 0.25) is 0 Å². The summed E-state index contributed by atoms with van der Waals surface area (Å²) in [6.45, 7) is 0. The fourth-order valence-corrected chi connectivity index (χ4v) is 4.06. The van der Waals surface area contributed by atoms with Crippen LogP contribution in [-0.2, 0) is 5.33 Å². The van der Waals surface area contributed by atoms with Crippen molar-refractivity contribution in [2.24, 2.45) is 0 Å². The van der Waals surface area contributed by atoms with Gasteiger partial charge in [-0.05, 0) is 56.1 Å². The van der Waals surface area contributed by atoms with Gasteiger partial charge in [0.05, 0.1) is 32.0 Å². The SMILES string of the molecule is O=c1c2c(O)c(Br)ccc2n2nc(CBr)c3ccc(Br)c1c32. The maximum atomic E-state index is 12.9. The Morgan fingerprint density at radius 1 is 1.09 bits per heavy atom. The summed E-state index contributed by atoms with van der Waals surface area (Å²) in [7, 11) is 0. The van der Waals surface area contributed by atoms with E-state index in [4.69, 9.17) is 0 Å². The summed E-state index contributed by atoms with van der Waals surface area (Å²) >= 11 is 10.1. The first kappa shape index (κ1) is 14.4. The zero-order valence-electron chi connectivity index (χ0n) is 10.9. The van der Waals surface area contributed by atoms with Crippen LogP contribution >= 0.6 is 47.8 Å². The third-order valence-corrected chi connectivity index (χ3v) is 5.62. The molecule has 110 valence electrons. The second kappa shape index (κ2) is 4.91. The number of fused-ring (bicyclic) bond motifs is 2. The molecule has 4 aromatic rings. The number of phenols is 1. The molecule has 0 saturated carbocycles. The van der Waals surface area contributed by atoms with Gasteiger partial charge in [0.25, 0.3) is 0 Å². The summed E-state index contributed by atoms with van der Waals surface area (Å²) in [5, 5.41) is 17.2. The third kappa shape index (κ3) is 1.73. The molecule has 0 unspecified atom stereocenters. The number of alkyl halides is 1. The lowest BCUT2D eigenvalue weighted by Gasteiger charge is -2.08. The van der Waals surface area contributed by atoms with Crippen LogP contribution in [0.3, 0.4) is 0 Å². The number of hydrogen-bond donors (Lipinski definition) is 1. The fourth-order valence-electron chi connectivity index (χ4n) is 2.81. The van der Waals surface area contributed by atoms with Gasteiger partial charge in [0, 0.05) is 15.2 Å². The second-order valence-electron chi connectivity index (χ2n) is 4.93. The van der Waals surface area contributed by atoms with Crippen molar-refractivity contribution in [3.05, 3.63) is 49.1 Å². The van der Waals surface area contributed by atoms with Gasteiger partial charge in [0.2, 0.25) is 5.43 Å². The fraction of sp³-hybridized carbons (Fsp3) is 0.0667. The van der Waals surface area contributed by atoms with Crippen molar-refractivity contribution >= 4 is 75.0 Å². The molecule has 0 amide bonds. The molecule has 7 heteroatoms. The molecule has 0 aliphatic rings. The highest BCUT2D eigenvalue weighted by molar-refractivity contribution is 9.11. The highest BCUT2D eigenvalue weighted by Gasteiger charge is 2.21. The first-order chi connectivity index (χ1) is 10.5. The topological polar surface area (TPSA) is 54.6 Å². The van der Waals surface area contributed by atoms with E-state index in [0.717, 1.165) is 16.6 Å². The molecule has 0 saturated heterocycles. The maximum absolute atomic E-state index is 12.9. The zero-order valence-corrected chi connectivity index (χ0v) is 15.7. The van der Waals surface area contributed by atoms with E-state index in [1.807, 2.05) is 12.1 Å². The Hall–Kier alpha value is -1.18. The quantitative estimate of drug-likeness (QED) is 0.317. The number of aromatic nitrogens is 2. The number of hydrogen-bond acceptors (Lipinski definition) is 3. The van der Waals surface area contributed by atoms with Gasteiger partial charge in [-0.15, -0.1) is 0 Å². The first-order valence-corrected chi connectivity index (χ1v) is 9.08. The number of pyridine rings is 1. The monoisotopic (exact) mass is 484 g/mol. The van der Waals surface area contributed by atoms with Crippen LogP contribution in [0.5, 0.6) is 5.75 Å². The molecule has 22 heavy (non-hydrogen) atoms. The molecular formula is C15H7Br3N2O2. The molecule has 0 aliphatic heterocycles. The highest BCUT2D eigenvalue weighted by Crippen LogP contribution is 2.36. The van der Waals surface area contributed by atoms with E-state index in [1.54, 1.807) is 16.6 Å². The maximum Gasteiger partial charge on any atom is 0.202 e. The van der Waals surface area contributed by atoms with E-state index in [-0.39, 0.29) is 16.6 Å². The van der Waals surface area contributed by atoms with Crippen molar-refractivity contribution in [1.29, 1.82) is 0 Å². The number of phenolic OH excluding ortho intramolecular Hbond substituents is 1. The molecule has 4 rings (SSSR count). The van der Waals surface area contributed by atoms with E-state index in [1.165, 1.54) is 0 Å². The second-order valence-corrected chi connectivity index (χ2v) is 7.20. The van der Waals surface area contributed by atoms with Gasteiger partial charge >= 0.3 is 0 Å². The standard InChI is InChI=1S/C15H7Br3N2O2/c16-5-9-6-1-2-7(17)11-13(6)20(19-9)10-4-3-8(18)14(21)12(10)15(11)22/h1-4,21H,5H2. The minimum atomic E-state index is -0.209. The van der Waals surface area contributed by atoms with E-state index < -0.39 is 0 Å². The van der Waals surface area contributed by atoms with Crippen molar-refractivity contribution in [1.82, 2.24) is 9.61 Å². The summed E-state index contributed by atoms with van der Waals surface area (Å²) in [4.78, 5) is 12.9. The van der Waals surface area contributed by atoms with Crippen LogP contribution in [0.4, 0.5) is 0 Å². The first-order valence-electron chi connectivity index (χ1n) is 6.37. The molecule has 0 aliphatic carbocycles. The Morgan fingerprint density at radius 2 is 1.82 bits per heavy atom. The van der Waals surface area contributed by atoms with Crippen LogP contribution in [-0.4, -0.2) is 14.7 Å². The molecule has 0 bridgehead atoms. The van der Waals surface area contributed by atoms with Crippen molar-refractivity contribution in [3.63, 3.8) is 0 Å². The number of nitrogens with zero attached hydrogens (tertiary/aromatic N) is 2. The predicted octanol–water partition coefficient (Wildman–Crippen LogP) is 4.56. The smallest absolute Gasteiger partial charge is 0.202 e. The molecule has 1 N–H and O–H groups in total. The molecule has 0 spiro atoms. The van der Waals surface area contributed by atoms with Crippen molar-refractivity contribution in [3.8, 4) is 5.75 Å². The van der Waals surface area contributed by atoms with E-state index in [9.17, 15) is 9.90 Å².